The molecule has 7 nitrogen and oxygen atoms in total. The Labute approximate surface area is 195 Å². The highest BCUT2D eigenvalue weighted by Crippen LogP contribution is 2.37. The van der Waals surface area contributed by atoms with Gasteiger partial charge in [-0.2, -0.15) is 0 Å². The summed E-state index contributed by atoms with van der Waals surface area (Å²) >= 11 is 0. The zero-order valence-corrected chi connectivity index (χ0v) is 19.1. The van der Waals surface area contributed by atoms with Gasteiger partial charge in [-0.15, -0.1) is 0 Å². The molecule has 0 bridgehead atoms. The Morgan fingerprint density at radius 1 is 1.06 bits per heavy atom. The Hall–Kier alpha value is -2.93. The van der Waals surface area contributed by atoms with Crippen molar-refractivity contribution in [1.29, 1.82) is 0 Å². The Balaban J connectivity index is 1.30. The van der Waals surface area contributed by atoms with Crippen molar-refractivity contribution in [2.24, 2.45) is 11.8 Å². The van der Waals surface area contributed by atoms with Crippen molar-refractivity contribution < 1.29 is 9.59 Å². The second kappa shape index (κ2) is 9.91. The predicted octanol–water partition coefficient (Wildman–Crippen LogP) is 4.79. The first-order valence-corrected chi connectivity index (χ1v) is 12.4. The van der Waals surface area contributed by atoms with Crippen molar-refractivity contribution >= 4 is 29.1 Å². The summed E-state index contributed by atoms with van der Waals surface area (Å²) in [6.07, 6.45) is 10.4. The number of piperidine rings is 1. The molecule has 3 heterocycles. The van der Waals surface area contributed by atoms with Gasteiger partial charge in [0.2, 0.25) is 0 Å². The number of carbonyl (C=O) groups excluding carboxylic acids is 2. The van der Waals surface area contributed by atoms with Crippen molar-refractivity contribution in [1.82, 2.24) is 15.2 Å². The molecule has 1 aromatic carbocycles. The van der Waals surface area contributed by atoms with E-state index in [0.29, 0.717) is 28.7 Å². The van der Waals surface area contributed by atoms with Crippen LogP contribution in [0.5, 0.6) is 0 Å². The average molecular weight is 448 g/mol. The number of hydrogen-bond acceptors (Lipinski definition) is 4. The van der Waals surface area contributed by atoms with Crippen LogP contribution in [0, 0.1) is 11.8 Å². The topological polar surface area (TPSA) is 77.6 Å². The number of hydrogen-bond donors (Lipinski definition) is 2. The number of nitrogens with one attached hydrogen (secondary N) is 2. The number of urea groups is 1. The fraction of sp³-hybridized carbons (Fsp3) is 0.500. The summed E-state index contributed by atoms with van der Waals surface area (Å²) in [7, 11) is 0. The van der Waals surface area contributed by atoms with Crippen LogP contribution in [0.1, 0.15) is 55.3 Å². The number of anilines is 3. The van der Waals surface area contributed by atoms with Gasteiger partial charge in [-0.25, -0.2) is 14.7 Å². The molecule has 2 fully saturated rings. The maximum Gasteiger partial charge on any atom is 0.330 e. The molecule has 1 saturated carbocycles. The molecule has 0 radical (unpaired) electrons. The van der Waals surface area contributed by atoms with Crippen LogP contribution in [-0.4, -0.2) is 48.0 Å². The molecule has 7 heteroatoms. The first-order chi connectivity index (χ1) is 16.2. The predicted molar refractivity (Wildman–Crippen MR) is 130 cm³/mol. The Morgan fingerprint density at radius 3 is 2.76 bits per heavy atom. The molecule has 2 N–H and O–H groups in total. The molecular weight excluding hydrogens is 414 g/mol. The van der Waals surface area contributed by atoms with Crippen LogP contribution in [0.15, 0.2) is 42.6 Å². The highest BCUT2D eigenvalue weighted by atomic mass is 16.2. The van der Waals surface area contributed by atoms with Gasteiger partial charge in [-0.05, 0) is 81.3 Å². The minimum Gasteiger partial charge on any atom is -0.324 e. The van der Waals surface area contributed by atoms with E-state index in [1.165, 1.54) is 25.7 Å². The van der Waals surface area contributed by atoms with Gasteiger partial charge in [-0.3, -0.25) is 4.79 Å². The van der Waals surface area contributed by atoms with E-state index in [4.69, 9.17) is 0 Å². The van der Waals surface area contributed by atoms with Crippen LogP contribution >= 0.6 is 0 Å². The second-order valence-electron chi connectivity index (χ2n) is 9.56. The fourth-order valence-corrected chi connectivity index (χ4v) is 5.47. The van der Waals surface area contributed by atoms with E-state index < -0.39 is 0 Å². The maximum atomic E-state index is 13.8. The van der Waals surface area contributed by atoms with Gasteiger partial charge in [0.1, 0.15) is 0 Å². The Kier molecular flexibility index (Phi) is 6.58. The van der Waals surface area contributed by atoms with Crippen molar-refractivity contribution in [3.63, 3.8) is 0 Å². The van der Waals surface area contributed by atoms with E-state index in [0.717, 1.165) is 51.4 Å². The molecule has 1 aliphatic carbocycles. The highest BCUT2D eigenvalue weighted by Gasteiger charge is 2.34. The largest absolute Gasteiger partial charge is 0.330 e. The summed E-state index contributed by atoms with van der Waals surface area (Å²) in [5.74, 6) is 1.59. The Bertz CT molecular complexity index is 1000. The maximum absolute atomic E-state index is 13.8. The van der Waals surface area contributed by atoms with Crippen molar-refractivity contribution in [2.75, 3.05) is 36.4 Å². The third-order valence-electron chi connectivity index (χ3n) is 7.25. The van der Waals surface area contributed by atoms with Crippen LogP contribution in [0.4, 0.5) is 22.0 Å². The van der Waals surface area contributed by atoms with Gasteiger partial charge in [0.05, 0.1) is 16.9 Å². The van der Waals surface area contributed by atoms with E-state index in [-0.39, 0.29) is 11.9 Å². The van der Waals surface area contributed by atoms with E-state index in [1.807, 2.05) is 23.1 Å². The molecule has 5 rings (SSSR count). The van der Waals surface area contributed by atoms with Crippen molar-refractivity contribution in [3.05, 3.63) is 48.2 Å². The van der Waals surface area contributed by atoms with Crippen LogP contribution in [0.2, 0.25) is 0 Å². The molecule has 174 valence electrons. The van der Waals surface area contributed by atoms with E-state index in [1.54, 1.807) is 29.3 Å². The summed E-state index contributed by atoms with van der Waals surface area (Å²) < 4.78 is 0. The normalized spacial score (nSPS) is 20.7. The Morgan fingerprint density at radius 2 is 1.88 bits per heavy atom. The monoisotopic (exact) mass is 447 g/mol. The molecule has 1 atom stereocenters. The lowest BCUT2D eigenvalue weighted by molar-refractivity contribution is 0.102. The van der Waals surface area contributed by atoms with E-state index >= 15 is 0 Å². The smallest absolute Gasteiger partial charge is 0.324 e. The quantitative estimate of drug-likeness (QED) is 0.646. The zero-order valence-electron chi connectivity index (χ0n) is 19.1. The molecule has 2 aliphatic heterocycles. The number of benzene rings is 1. The van der Waals surface area contributed by atoms with Gasteiger partial charge in [-0.1, -0.05) is 25.0 Å². The SMILES string of the molecule is O=C1Nc2cccnc2N(C(=O)N2CCCC(CCNCC3CCCC3)C2)c2ccccc21. The minimum absolute atomic E-state index is 0.109. The summed E-state index contributed by atoms with van der Waals surface area (Å²) in [6.45, 7) is 3.61. The number of amides is 3. The van der Waals surface area contributed by atoms with E-state index in [2.05, 4.69) is 15.6 Å². The summed E-state index contributed by atoms with van der Waals surface area (Å²) in [5, 5.41) is 6.56. The third-order valence-corrected chi connectivity index (χ3v) is 7.25. The average Bonchev–Trinajstić information content (AvgIpc) is 3.33. The number of rotatable bonds is 5. The van der Waals surface area contributed by atoms with Crippen LogP contribution < -0.4 is 15.5 Å². The molecule has 2 aromatic rings. The van der Waals surface area contributed by atoms with Gasteiger partial charge >= 0.3 is 6.03 Å². The highest BCUT2D eigenvalue weighted by molar-refractivity contribution is 6.16. The number of pyridine rings is 1. The molecule has 33 heavy (non-hydrogen) atoms. The van der Waals surface area contributed by atoms with E-state index in [9.17, 15) is 9.59 Å². The van der Waals surface area contributed by atoms with Crippen molar-refractivity contribution in [2.45, 2.75) is 44.9 Å². The molecule has 0 spiro atoms. The molecule has 3 aliphatic rings. The second-order valence-corrected chi connectivity index (χ2v) is 9.56. The number of fused-ring (bicyclic) bond motifs is 2. The van der Waals surface area contributed by atoms with Crippen molar-refractivity contribution in [3.8, 4) is 0 Å². The molecular formula is C26H33N5O2. The van der Waals surface area contributed by atoms with Gasteiger partial charge in [0, 0.05) is 19.3 Å². The first-order valence-electron chi connectivity index (χ1n) is 12.4. The molecule has 3 amide bonds. The number of carbonyl (C=O) groups is 2. The van der Waals surface area contributed by atoms with Gasteiger partial charge in [0.15, 0.2) is 5.82 Å². The van der Waals surface area contributed by atoms with Gasteiger partial charge < -0.3 is 15.5 Å². The lowest BCUT2D eigenvalue weighted by Crippen LogP contribution is -2.46. The molecule has 1 saturated heterocycles. The van der Waals surface area contributed by atoms with Crippen LogP contribution in [-0.2, 0) is 0 Å². The zero-order chi connectivity index (χ0) is 22.6. The number of nitrogens with zero attached hydrogens (tertiary/aromatic N) is 3. The molecule has 1 unspecified atom stereocenters. The van der Waals surface area contributed by atoms with Crippen LogP contribution in [0.25, 0.3) is 0 Å². The minimum atomic E-state index is -0.222. The lowest BCUT2D eigenvalue weighted by Gasteiger charge is -2.36. The lowest BCUT2D eigenvalue weighted by atomic mass is 9.95. The van der Waals surface area contributed by atoms with Crippen LogP contribution in [0.3, 0.4) is 0 Å². The molecule has 1 aromatic heterocycles. The van der Waals surface area contributed by atoms with Gasteiger partial charge in [0.25, 0.3) is 5.91 Å². The number of para-hydroxylation sites is 1. The third kappa shape index (κ3) is 4.74. The summed E-state index contributed by atoms with van der Waals surface area (Å²) in [4.78, 5) is 34.7. The number of likely N-dealkylation sites (tertiary alicyclic amines) is 1. The summed E-state index contributed by atoms with van der Waals surface area (Å²) in [5.41, 5.74) is 1.61. The fourth-order valence-electron chi connectivity index (χ4n) is 5.47. The number of aromatic nitrogens is 1. The standard InChI is InChI=1S/C26H33N5O2/c32-25-21-10-3-4-12-23(21)31(24-22(29-25)11-5-14-28-24)26(33)30-16-6-9-20(18-30)13-15-27-17-19-7-1-2-8-19/h3-5,10-12,14,19-20,27H,1-2,6-9,13,15-18H2,(H,29,32). The summed E-state index contributed by atoms with van der Waals surface area (Å²) in [6, 6.07) is 10.7. The first kappa shape index (κ1) is 21.9.